The summed E-state index contributed by atoms with van der Waals surface area (Å²) in [4.78, 5) is 14.7. The molecule has 20 heavy (non-hydrogen) atoms. The van der Waals surface area contributed by atoms with Gasteiger partial charge in [-0.3, -0.25) is 9.19 Å². The fourth-order valence-corrected chi connectivity index (χ4v) is 2.86. The zero-order chi connectivity index (χ0) is 14.5. The van der Waals surface area contributed by atoms with Crippen LogP contribution in [0.15, 0.2) is 47.6 Å². The standard InChI is InChI=1S/C14H12FNO3S/c15-12-4-3-11(14(17)18)8-13(12)20(19)7-5-10-2-1-6-16-9-10/h1-4,6,8-9H,5,7H2,(H,17,18). The molecule has 0 aliphatic carbocycles. The maximum atomic E-state index is 13.6. The van der Waals surface area contributed by atoms with Crippen molar-refractivity contribution in [3.05, 3.63) is 59.7 Å². The van der Waals surface area contributed by atoms with Crippen molar-refractivity contribution in [2.75, 3.05) is 5.75 Å². The van der Waals surface area contributed by atoms with Crippen LogP contribution in [0.3, 0.4) is 0 Å². The number of carboxylic acid groups (broad SMARTS) is 1. The van der Waals surface area contributed by atoms with Crippen molar-refractivity contribution < 1.29 is 18.5 Å². The molecule has 1 N–H and O–H groups in total. The van der Waals surface area contributed by atoms with E-state index in [1.807, 2.05) is 6.07 Å². The highest BCUT2D eigenvalue weighted by Gasteiger charge is 2.13. The predicted molar refractivity (Wildman–Crippen MR) is 72.6 cm³/mol. The molecule has 1 aromatic carbocycles. The Kier molecular flexibility index (Phi) is 4.57. The molecule has 0 aliphatic rings. The van der Waals surface area contributed by atoms with E-state index in [9.17, 15) is 13.4 Å². The van der Waals surface area contributed by atoms with Crippen molar-refractivity contribution in [1.82, 2.24) is 4.98 Å². The molecule has 1 unspecified atom stereocenters. The summed E-state index contributed by atoms with van der Waals surface area (Å²) in [7, 11) is -1.59. The Balaban J connectivity index is 2.13. The largest absolute Gasteiger partial charge is 0.478 e. The second-order valence-electron chi connectivity index (χ2n) is 4.11. The number of nitrogens with zero attached hydrogens (tertiary/aromatic N) is 1. The number of carbonyl (C=O) groups is 1. The normalized spacial score (nSPS) is 12.1. The van der Waals surface area contributed by atoms with Gasteiger partial charge in [0, 0.05) is 18.1 Å². The molecule has 0 saturated carbocycles. The van der Waals surface area contributed by atoms with Gasteiger partial charge in [0.05, 0.1) is 21.3 Å². The maximum Gasteiger partial charge on any atom is 0.335 e. The van der Waals surface area contributed by atoms with Gasteiger partial charge in [0.25, 0.3) is 0 Å². The molecule has 6 heteroatoms. The average Bonchev–Trinajstić information content (AvgIpc) is 2.46. The smallest absolute Gasteiger partial charge is 0.335 e. The lowest BCUT2D eigenvalue weighted by atomic mass is 10.2. The average molecular weight is 293 g/mol. The van der Waals surface area contributed by atoms with Crippen LogP contribution in [0.2, 0.25) is 0 Å². The zero-order valence-electron chi connectivity index (χ0n) is 10.5. The number of hydrogen-bond donors (Lipinski definition) is 1. The van der Waals surface area contributed by atoms with E-state index in [0.29, 0.717) is 6.42 Å². The van der Waals surface area contributed by atoms with Crippen LogP contribution in [0.25, 0.3) is 0 Å². The number of hydrogen-bond acceptors (Lipinski definition) is 3. The Morgan fingerprint density at radius 2 is 2.15 bits per heavy atom. The van der Waals surface area contributed by atoms with E-state index in [0.717, 1.165) is 23.8 Å². The minimum absolute atomic E-state index is 0.0730. The van der Waals surface area contributed by atoms with E-state index in [4.69, 9.17) is 5.11 Å². The van der Waals surface area contributed by atoms with Crippen molar-refractivity contribution in [2.24, 2.45) is 0 Å². The van der Waals surface area contributed by atoms with E-state index in [2.05, 4.69) is 4.98 Å². The van der Waals surface area contributed by atoms with Crippen molar-refractivity contribution in [2.45, 2.75) is 11.3 Å². The number of rotatable bonds is 5. The van der Waals surface area contributed by atoms with Crippen LogP contribution in [-0.4, -0.2) is 26.0 Å². The molecule has 0 fully saturated rings. The molecule has 0 aliphatic heterocycles. The monoisotopic (exact) mass is 293 g/mol. The number of aromatic nitrogens is 1. The number of halogens is 1. The van der Waals surface area contributed by atoms with E-state index in [1.54, 1.807) is 18.5 Å². The second kappa shape index (κ2) is 6.38. The Morgan fingerprint density at radius 1 is 1.35 bits per heavy atom. The number of aryl methyl sites for hydroxylation is 1. The lowest BCUT2D eigenvalue weighted by Gasteiger charge is -2.05. The SMILES string of the molecule is O=C(O)c1ccc(F)c(S(=O)CCc2cccnc2)c1. The van der Waals surface area contributed by atoms with E-state index >= 15 is 0 Å². The Hall–Kier alpha value is -2.08. The van der Waals surface area contributed by atoms with Crippen molar-refractivity contribution in [1.29, 1.82) is 0 Å². The van der Waals surface area contributed by atoms with Gasteiger partial charge in [0.15, 0.2) is 0 Å². The topological polar surface area (TPSA) is 67.3 Å². The van der Waals surface area contributed by atoms with Crippen molar-refractivity contribution in [3.8, 4) is 0 Å². The van der Waals surface area contributed by atoms with E-state index in [1.165, 1.54) is 0 Å². The summed E-state index contributed by atoms with van der Waals surface area (Å²) in [5.41, 5.74) is 0.826. The summed E-state index contributed by atoms with van der Waals surface area (Å²) in [5, 5.41) is 8.86. The number of aromatic carboxylic acids is 1. The van der Waals surface area contributed by atoms with Crippen LogP contribution in [-0.2, 0) is 17.2 Å². The van der Waals surface area contributed by atoms with Gasteiger partial charge in [-0.1, -0.05) is 6.07 Å². The Morgan fingerprint density at radius 3 is 2.80 bits per heavy atom. The van der Waals surface area contributed by atoms with Gasteiger partial charge in [0.1, 0.15) is 5.82 Å². The summed E-state index contributed by atoms with van der Waals surface area (Å²) in [6, 6.07) is 6.91. The lowest BCUT2D eigenvalue weighted by molar-refractivity contribution is 0.0696. The Bertz CT molecular complexity index is 646. The molecule has 4 nitrogen and oxygen atoms in total. The van der Waals surface area contributed by atoms with Crippen LogP contribution in [0, 0.1) is 5.82 Å². The third-order valence-electron chi connectivity index (χ3n) is 2.72. The van der Waals surface area contributed by atoms with E-state index in [-0.39, 0.29) is 16.2 Å². The summed E-state index contributed by atoms with van der Waals surface area (Å²) in [6.07, 6.45) is 3.77. The first-order valence-electron chi connectivity index (χ1n) is 5.88. The van der Waals surface area contributed by atoms with Crippen LogP contribution in [0.5, 0.6) is 0 Å². The second-order valence-corrected chi connectivity index (χ2v) is 5.65. The van der Waals surface area contributed by atoms with Gasteiger partial charge in [0.2, 0.25) is 0 Å². The molecule has 2 aromatic rings. The molecule has 0 saturated heterocycles. The molecule has 0 amide bonds. The highest BCUT2D eigenvalue weighted by atomic mass is 32.2. The van der Waals surface area contributed by atoms with Crippen LogP contribution < -0.4 is 0 Å². The van der Waals surface area contributed by atoms with Crippen LogP contribution >= 0.6 is 0 Å². The summed E-state index contributed by atoms with van der Waals surface area (Å²) < 4.78 is 25.7. The molecule has 2 rings (SSSR count). The van der Waals surface area contributed by atoms with Gasteiger partial charge in [-0.05, 0) is 36.2 Å². The molecule has 0 radical (unpaired) electrons. The molecular formula is C14H12FNO3S. The first-order chi connectivity index (χ1) is 9.58. The van der Waals surface area contributed by atoms with Gasteiger partial charge in [-0.2, -0.15) is 0 Å². The minimum atomic E-state index is -1.59. The zero-order valence-corrected chi connectivity index (χ0v) is 11.3. The summed E-state index contributed by atoms with van der Waals surface area (Å²) >= 11 is 0. The molecule has 0 spiro atoms. The number of benzene rings is 1. The number of carboxylic acids is 1. The van der Waals surface area contributed by atoms with E-state index < -0.39 is 22.6 Å². The first kappa shape index (κ1) is 14.3. The molecule has 1 aromatic heterocycles. The molecule has 104 valence electrons. The van der Waals surface area contributed by atoms with Gasteiger partial charge in [-0.15, -0.1) is 0 Å². The molecule has 1 atom stereocenters. The maximum absolute atomic E-state index is 13.6. The van der Waals surface area contributed by atoms with Crippen molar-refractivity contribution in [3.63, 3.8) is 0 Å². The fraction of sp³-hybridized carbons (Fsp3) is 0.143. The van der Waals surface area contributed by atoms with Gasteiger partial charge in [-0.25, -0.2) is 9.18 Å². The van der Waals surface area contributed by atoms with Crippen LogP contribution in [0.1, 0.15) is 15.9 Å². The highest BCUT2D eigenvalue weighted by molar-refractivity contribution is 7.85. The fourth-order valence-electron chi connectivity index (χ4n) is 1.68. The molecule has 0 bridgehead atoms. The first-order valence-corrected chi connectivity index (χ1v) is 7.20. The van der Waals surface area contributed by atoms with Crippen LogP contribution in [0.4, 0.5) is 4.39 Å². The van der Waals surface area contributed by atoms with Crippen molar-refractivity contribution >= 4 is 16.8 Å². The third-order valence-corrected chi connectivity index (χ3v) is 4.10. The quantitative estimate of drug-likeness (QED) is 0.918. The lowest BCUT2D eigenvalue weighted by Crippen LogP contribution is -2.06. The third kappa shape index (κ3) is 3.48. The predicted octanol–water partition coefficient (Wildman–Crippen LogP) is 2.27. The van der Waals surface area contributed by atoms with Gasteiger partial charge < -0.3 is 5.11 Å². The minimum Gasteiger partial charge on any atom is -0.478 e. The Labute approximate surface area is 117 Å². The summed E-state index contributed by atoms with van der Waals surface area (Å²) in [6.45, 7) is 0. The number of pyridine rings is 1. The molecular weight excluding hydrogens is 281 g/mol. The van der Waals surface area contributed by atoms with Gasteiger partial charge >= 0.3 is 5.97 Å². The molecule has 1 heterocycles. The summed E-state index contributed by atoms with van der Waals surface area (Å²) in [5.74, 6) is -1.61. The highest BCUT2D eigenvalue weighted by Crippen LogP contribution is 2.16.